The molecule has 0 aromatic rings. The average molecular weight is 362 g/mol. The summed E-state index contributed by atoms with van der Waals surface area (Å²) in [6.07, 6.45) is 6.96. The Bertz CT molecular complexity index is 682. The lowest BCUT2D eigenvalue weighted by Crippen LogP contribution is -2.59. The number of hydrogen-bond donors (Lipinski definition) is 5. The van der Waals surface area contributed by atoms with Crippen LogP contribution in [0.25, 0.3) is 0 Å². The largest absolute Gasteiger partial charge is 0.390 e. The molecule has 0 amide bonds. The third-order valence-electron chi connectivity index (χ3n) is 8.64. The lowest BCUT2D eigenvalue weighted by molar-refractivity contribution is -0.141. The quantitative estimate of drug-likeness (QED) is 0.321. The van der Waals surface area contributed by atoms with Crippen molar-refractivity contribution in [2.75, 3.05) is 0 Å². The fraction of sp³-hybridized carbons (Fsp3) is 0.810. The Morgan fingerprint density at radius 2 is 1.77 bits per heavy atom. The Morgan fingerprint density at radius 3 is 2.42 bits per heavy atom. The van der Waals surface area contributed by atoms with E-state index in [4.69, 9.17) is 6.42 Å². The molecule has 5 heteroatoms. The van der Waals surface area contributed by atoms with Gasteiger partial charge in [0.2, 0.25) is 0 Å². The molecule has 0 bridgehead atoms. The zero-order chi connectivity index (χ0) is 19.1. The van der Waals surface area contributed by atoms with Gasteiger partial charge in [0.25, 0.3) is 0 Å². The van der Waals surface area contributed by atoms with Gasteiger partial charge in [-0.25, -0.2) is 0 Å². The molecular weight excluding hydrogens is 332 g/mol. The van der Waals surface area contributed by atoms with E-state index in [-0.39, 0.29) is 23.2 Å². The summed E-state index contributed by atoms with van der Waals surface area (Å²) < 4.78 is 0. The maximum Gasteiger partial charge on any atom is 0.156 e. The van der Waals surface area contributed by atoms with Crippen LogP contribution in [0.3, 0.4) is 0 Å². The van der Waals surface area contributed by atoms with E-state index in [2.05, 4.69) is 12.8 Å². The number of aliphatic hydroxyl groups excluding tert-OH is 4. The zero-order valence-corrected chi connectivity index (χ0v) is 15.5. The minimum Gasteiger partial charge on any atom is -0.390 e. The van der Waals surface area contributed by atoms with Crippen molar-refractivity contribution in [1.82, 2.24) is 0 Å². The topological polar surface area (TPSA) is 101 Å². The van der Waals surface area contributed by atoms with E-state index >= 15 is 0 Å². The molecule has 4 aliphatic rings. The van der Waals surface area contributed by atoms with Gasteiger partial charge in [0, 0.05) is 5.41 Å². The Kier molecular flexibility index (Phi) is 3.95. The zero-order valence-electron chi connectivity index (χ0n) is 15.5. The van der Waals surface area contributed by atoms with E-state index in [0.717, 1.165) is 18.4 Å². The first-order chi connectivity index (χ1) is 12.1. The molecule has 0 saturated heterocycles. The van der Waals surface area contributed by atoms with Crippen molar-refractivity contribution in [3.8, 4) is 12.3 Å². The van der Waals surface area contributed by atoms with Crippen LogP contribution in [0.2, 0.25) is 0 Å². The van der Waals surface area contributed by atoms with Crippen LogP contribution < -0.4 is 0 Å². The van der Waals surface area contributed by atoms with Gasteiger partial charge < -0.3 is 25.5 Å². The molecule has 3 fully saturated rings. The summed E-state index contributed by atoms with van der Waals surface area (Å²) in [5.74, 6) is 2.37. The highest BCUT2D eigenvalue weighted by Crippen LogP contribution is 2.67. The lowest BCUT2D eigenvalue weighted by Gasteiger charge is -2.59. The molecule has 5 nitrogen and oxygen atoms in total. The SMILES string of the molecule is C#C[C@]1(O)[C@H](O)C[C@H]2[C@@H]3[C@@H](O)C=C4[C@H](O)[C@@H](O)CC[C@]4(C)[C@H]3CC[C@@]21C. The van der Waals surface area contributed by atoms with E-state index in [0.29, 0.717) is 19.3 Å². The molecule has 5 N–H and O–H groups in total. The highest BCUT2D eigenvalue weighted by atomic mass is 16.3. The second-order valence-electron chi connectivity index (χ2n) is 9.49. The number of fused-ring (bicyclic) bond motifs is 5. The molecule has 10 atom stereocenters. The molecule has 4 aliphatic carbocycles. The number of terminal acetylenes is 1. The van der Waals surface area contributed by atoms with Crippen LogP contribution in [0.4, 0.5) is 0 Å². The van der Waals surface area contributed by atoms with Gasteiger partial charge in [-0.15, -0.1) is 6.42 Å². The number of aliphatic hydroxyl groups is 5. The summed E-state index contributed by atoms with van der Waals surface area (Å²) in [7, 11) is 0. The van der Waals surface area contributed by atoms with E-state index < -0.39 is 35.4 Å². The van der Waals surface area contributed by atoms with Gasteiger partial charge in [-0.2, -0.15) is 0 Å². The summed E-state index contributed by atoms with van der Waals surface area (Å²) in [5, 5.41) is 53.1. The van der Waals surface area contributed by atoms with Crippen LogP contribution in [-0.2, 0) is 0 Å². The molecule has 3 saturated carbocycles. The van der Waals surface area contributed by atoms with Crippen molar-refractivity contribution in [3.05, 3.63) is 11.6 Å². The van der Waals surface area contributed by atoms with Crippen molar-refractivity contribution in [2.24, 2.45) is 28.6 Å². The summed E-state index contributed by atoms with van der Waals surface area (Å²) >= 11 is 0. The predicted octanol–water partition coefficient (Wildman–Crippen LogP) is 0.587. The standard InChI is InChI=1S/C21H30O5/c1-4-21(26)16(24)10-12-17-11(5-8-20(12,21)3)19(2)7-6-14(22)18(25)13(19)9-15(17)23/h1,9,11-12,14-18,22-26H,5-8,10H2,2-3H3/t11-,12-,14-,15-,16+,17+,18-,19+,20-,21-/m0/s1. The molecule has 0 radical (unpaired) electrons. The van der Waals surface area contributed by atoms with Gasteiger partial charge in [0.15, 0.2) is 5.60 Å². The Hall–Kier alpha value is -0.900. The van der Waals surface area contributed by atoms with Gasteiger partial charge in [-0.05, 0) is 60.8 Å². The molecule has 0 unspecified atom stereocenters. The number of rotatable bonds is 0. The molecule has 144 valence electrons. The van der Waals surface area contributed by atoms with Gasteiger partial charge in [-0.1, -0.05) is 25.8 Å². The third kappa shape index (κ3) is 2.00. The van der Waals surface area contributed by atoms with Gasteiger partial charge in [0.05, 0.1) is 18.3 Å². The number of hydrogen-bond acceptors (Lipinski definition) is 5. The molecule has 4 rings (SSSR count). The van der Waals surface area contributed by atoms with Crippen LogP contribution in [-0.4, -0.2) is 55.5 Å². The maximum absolute atomic E-state index is 11.0. The van der Waals surface area contributed by atoms with E-state index in [9.17, 15) is 25.5 Å². The van der Waals surface area contributed by atoms with Crippen LogP contribution >= 0.6 is 0 Å². The average Bonchev–Trinajstić information content (AvgIpc) is 2.81. The Morgan fingerprint density at radius 1 is 1.08 bits per heavy atom. The van der Waals surface area contributed by atoms with Gasteiger partial charge in [0.1, 0.15) is 6.10 Å². The second-order valence-corrected chi connectivity index (χ2v) is 9.49. The normalized spacial score (nSPS) is 58.8. The van der Waals surface area contributed by atoms with Crippen LogP contribution in [0, 0.1) is 40.9 Å². The van der Waals surface area contributed by atoms with E-state index in [1.54, 1.807) is 6.08 Å². The molecular formula is C21H30O5. The fourth-order valence-corrected chi connectivity index (χ4v) is 6.98. The molecule has 0 aromatic heterocycles. The summed E-state index contributed by atoms with van der Waals surface area (Å²) in [4.78, 5) is 0. The van der Waals surface area contributed by atoms with E-state index in [1.165, 1.54) is 0 Å². The molecule has 0 spiro atoms. The minimum atomic E-state index is -1.57. The van der Waals surface area contributed by atoms with Crippen molar-refractivity contribution in [2.45, 2.75) is 76.0 Å². The Labute approximate surface area is 154 Å². The summed E-state index contributed by atoms with van der Waals surface area (Å²) in [5.41, 5.74) is -1.75. The maximum atomic E-state index is 11.0. The van der Waals surface area contributed by atoms with Gasteiger partial charge in [-0.3, -0.25) is 0 Å². The minimum absolute atomic E-state index is 0.0917. The van der Waals surface area contributed by atoms with Crippen molar-refractivity contribution in [3.63, 3.8) is 0 Å². The van der Waals surface area contributed by atoms with E-state index in [1.807, 2.05) is 6.92 Å². The smallest absolute Gasteiger partial charge is 0.156 e. The van der Waals surface area contributed by atoms with Crippen molar-refractivity contribution >= 4 is 0 Å². The monoisotopic (exact) mass is 362 g/mol. The highest BCUT2D eigenvalue weighted by molar-refractivity contribution is 5.34. The molecule has 0 heterocycles. The van der Waals surface area contributed by atoms with Crippen LogP contribution in [0.15, 0.2) is 11.6 Å². The second kappa shape index (κ2) is 5.56. The highest BCUT2D eigenvalue weighted by Gasteiger charge is 2.68. The van der Waals surface area contributed by atoms with Crippen molar-refractivity contribution < 1.29 is 25.5 Å². The summed E-state index contributed by atoms with van der Waals surface area (Å²) in [6, 6.07) is 0. The Balaban J connectivity index is 1.78. The van der Waals surface area contributed by atoms with Gasteiger partial charge >= 0.3 is 0 Å². The molecule has 0 aliphatic heterocycles. The first-order valence-electron chi connectivity index (χ1n) is 9.75. The molecule has 0 aromatic carbocycles. The predicted molar refractivity (Wildman–Crippen MR) is 95.7 cm³/mol. The lowest BCUT2D eigenvalue weighted by atomic mass is 9.46. The van der Waals surface area contributed by atoms with Crippen molar-refractivity contribution in [1.29, 1.82) is 0 Å². The summed E-state index contributed by atoms with van der Waals surface area (Å²) in [6.45, 7) is 4.07. The third-order valence-corrected chi connectivity index (χ3v) is 8.64. The van der Waals surface area contributed by atoms with Crippen LogP contribution in [0.1, 0.15) is 46.0 Å². The fourth-order valence-electron chi connectivity index (χ4n) is 6.98. The first kappa shape index (κ1) is 18.5. The first-order valence-corrected chi connectivity index (χ1v) is 9.75. The molecule has 26 heavy (non-hydrogen) atoms. The van der Waals surface area contributed by atoms with Crippen LogP contribution in [0.5, 0.6) is 0 Å².